The number of nitrogens with zero attached hydrogens (tertiary/aromatic N) is 1. The first-order chi connectivity index (χ1) is 8.28. The van der Waals surface area contributed by atoms with Crippen molar-refractivity contribution in [3.8, 4) is 0 Å². The van der Waals surface area contributed by atoms with Crippen molar-refractivity contribution in [2.24, 2.45) is 5.41 Å². The Hall–Kier alpha value is -0.0800. The first-order valence-electron chi connectivity index (χ1n) is 7.74. The van der Waals surface area contributed by atoms with Crippen molar-refractivity contribution < 1.29 is 0 Å². The molecule has 0 aromatic carbocycles. The minimum Gasteiger partial charge on any atom is -0.314 e. The molecule has 100 valence electrons. The normalized spacial score (nSPS) is 25.1. The van der Waals surface area contributed by atoms with Crippen molar-refractivity contribution in [1.82, 2.24) is 10.2 Å². The van der Waals surface area contributed by atoms with Gasteiger partial charge in [0.15, 0.2) is 0 Å². The van der Waals surface area contributed by atoms with E-state index in [1.54, 1.807) is 0 Å². The molecule has 2 fully saturated rings. The summed E-state index contributed by atoms with van der Waals surface area (Å²) >= 11 is 0. The van der Waals surface area contributed by atoms with E-state index in [-0.39, 0.29) is 0 Å². The van der Waals surface area contributed by atoms with Gasteiger partial charge in [-0.3, -0.25) is 0 Å². The van der Waals surface area contributed by atoms with Crippen LogP contribution < -0.4 is 5.32 Å². The van der Waals surface area contributed by atoms with Crippen LogP contribution in [-0.2, 0) is 0 Å². The van der Waals surface area contributed by atoms with Crippen molar-refractivity contribution in [3.05, 3.63) is 0 Å². The van der Waals surface area contributed by atoms with Gasteiger partial charge in [0.25, 0.3) is 0 Å². The lowest BCUT2D eigenvalue weighted by Crippen LogP contribution is -2.40. The van der Waals surface area contributed by atoms with Crippen LogP contribution in [0.15, 0.2) is 0 Å². The van der Waals surface area contributed by atoms with Gasteiger partial charge in [-0.1, -0.05) is 26.7 Å². The minimum absolute atomic E-state index is 0.683. The third kappa shape index (κ3) is 3.96. The first kappa shape index (κ1) is 13.4. The molecular weight excluding hydrogens is 208 g/mol. The summed E-state index contributed by atoms with van der Waals surface area (Å²) in [6.45, 7) is 9.96. The molecular formula is C15H30N2. The van der Waals surface area contributed by atoms with Crippen LogP contribution in [0, 0.1) is 5.41 Å². The number of rotatable bonds is 7. The Bertz CT molecular complexity index is 209. The van der Waals surface area contributed by atoms with Crippen molar-refractivity contribution in [2.75, 3.05) is 26.2 Å². The molecule has 2 nitrogen and oxygen atoms in total. The van der Waals surface area contributed by atoms with Gasteiger partial charge >= 0.3 is 0 Å². The van der Waals surface area contributed by atoms with Crippen molar-refractivity contribution in [2.45, 2.75) is 64.8 Å². The lowest BCUT2D eigenvalue weighted by Gasteiger charge is -2.41. The second-order valence-corrected chi connectivity index (χ2v) is 6.13. The molecule has 0 unspecified atom stereocenters. The van der Waals surface area contributed by atoms with Gasteiger partial charge in [0.05, 0.1) is 0 Å². The van der Waals surface area contributed by atoms with Crippen LogP contribution >= 0.6 is 0 Å². The fourth-order valence-corrected chi connectivity index (χ4v) is 3.10. The van der Waals surface area contributed by atoms with E-state index >= 15 is 0 Å². The van der Waals surface area contributed by atoms with Crippen LogP contribution in [0.1, 0.15) is 58.8 Å². The number of piperidine rings is 1. The summed E-state index contributed by atoms with van der Waals surface area (Å²) in [6.07, 6.45) is 9.77. The molecule has 1 aliphatic carbocycles. The zero-order chi connectivity index (χ0) is 12.1. The molecule has 0 radical (unpaired) electrons. The SMILES string of the molecule is CCC1(CC)CCN(CCCNC2CC2)CC1. The van der Waals surface area contributed by atoms with E-state index in [9.17, 15) is 0 Å². The van der Waals surface area contributed by atoms with Gasteiger partial charge in [0, 0.05) is 6.04 Å². The van der Waals surface area contributed by atoms with E-state index in [1.165, 1.54) is 71.1 Å². The molecule has 0 spiro atoms. The molecule has 1 heterocycles. The molecule has 2 rings (SSSR count). The lowest BCUT2D eigenvalue weighted by atomic mass is 9.74. The average Bonchev–Trinajstić information content (AvgIpc) is 3.20. The summed E-state index contributed by atoms with van der Waals surface area (Å²) < 4.78 is 0. The Balaban J connectivity index is 1.57. The number of hydrogen-bond acceptors (Lipinski definition) is 2. The van der Waals surface area contributed by atoms with E-state index in [1.807, 2.05) is 0 Å². The fourth-order valence-electron chi connectivity index (χ4n) is 3.10. The molecule has 2 aliphatic rings. The molecule has 2 heteroatoms. The van der Waals surface area contributed by atoms with Gasteiger partial charge < -0.3 is 10.2 Å². The largest absolute Gasteiger partial charge is 0.314 e. The fraction of sp³-hybridized carbons (Fsp3) is 1.00. The van der Waals surface area contributed by atoms with Gasteiger partial charge in [-0.05, 0) is 63.7 Å². The van der Waals surface area contributed by atoms with Crippen LogP contribution in [-0.4, -0.2) is 37.1 Å². The predicted molar refractivity (Wildman–Crippen MR) is 74.3 cm³/mol. The average molecular weight is 238 g/mol. The quantitative estimate of drug-likeness (QED) is 0.686. The van der Waals surface area contributed by atoms with Crippen LogP contribution in [0.5, 0.6) is 0 Å². The van der Waals surface area contributed by atoms with Crippen LogP contribution in [0.4, 0.5) is 0 Å². The highest BCUT2D eigenvalue weighted by Crippen LogP contribution is 2.37. The molecule has 0 atom stereocenters. The van der Waals surface area contributed by atoms with Gasteiger partial charge in [-0.15, -0.1) is 0 Å². The monoisotopic (exact) mass is 238 g/mol. The van der Waals surface area contributed by atoms with Crippen LogP contribution in [0.3, 0.4) is 0 Å². The predicted octanol–water partition coefficient (Wildman–Crippen LogP) is 3.03. The number of nitrogens with one attached hydrogen (secondary N) is 1. The Kier molecular flexibility index (Phi) is 4.87. The maximum Gasteiger partial charge on any atom is 0.00682 e. The highest BCUT2D eigenvalue weighted by atomic mass is 15.1. The molecule has 1 aliphatic heterocycles. The Labute approximate surface area is 107 Å². The topological polar surface area (TPSA) is 15.3 Å². The zero-order valence-corrected chi connectivity index (χ0v) is 11.8. The molecule has 0 bridgehead atoms. The molecule has 0 aromatic heterocycles. The van der Waals surface area contributed by atoms with E-state index in [0.717, 1.165) is 6.04 Å². The van der Waals surface area contributed by atoms with Gasteiger partial charge in [-0.2, -0.15) is 0 Å². The molecule has 1 saturated heterocycles. The molecule has 17 heavy (non-hydrogen) atoms. The summed E-state index contributed by atoms with van der Waals surface area (Å²) in [6, 6.07) is 0.879. The van der Waals surface area contributed by atoms with Gasteiger partial charge in [-0.25, -0.2) is 0 Å². The Morgan fingerprint density at radius 1 is 1.12 bits per heavy atom. The Morgan fingerprint density at radius 3 is 2.29 bits per heavy atom. The maximum atomic E-state index is 3.61. The van der Waals surface area contributed by atoms with E-state index in [4.69, 9.17) is 0 Å². The van der Waals surface area contributed by atoms with Crippen LogP contribution in [0.25, 0.3) is 0 Å². The van der Waals surface area contributed by atoms with E-state index in [2.05, 4.69) is 24.1 Å². The zero-order valence-electron chi connectivity index (χ0n) is 11.8. The maximum absolute atomic E-state index is 3.61. The highest BCUT2D eigenvalue weighted by molar-refractivity contribution is 4.84. The standard InChI is InChI=1S/C15H30N2/c1-3-15(4-2)8-12-17(13-9-15)11-5-10-16-14-6-7-14/h14,16H,3-13H2,1-2H3. The number of hydrogen-bond donors (Lipinski definition) is 1. The summed E-state index contributed by atoms with van der Waals surface area (Å²) in [7, 11) is 0. The smallest absolute Gasteiger partial charge is 0.00682 e. The highest BCUT2D eigenvalue weighted by Gasteiger charge is 2.30. The Morgan fingerprint density at radius 2 is 1.76 bits per heavy atom. The van der Waals surface area contributed by atoms with Crippen molar-refractivity contribution in [1.29, 1.82) is 0 Å². The van der Waals surface area contributed by atoms with Crippen molar-refractivity contribution >= 4 is 0 Å². The third-order valence-electron chi connectivity index (χ3n) is 5.08. The summed E-state index contributed by atoms with van der Waals surface area (Å²) in [5.74, 6) is 0. The molecule has 1 N–H and O–H groups in total. The minimum atomic E-state index is 0.683. The van der Waals surface area contributed by atoms with Crippen molar-refractivity contribution in [3.63, 3.8) is 0 Å². The summed E-state index contributed by atoms with van der Waals surface area (Å²) in [4.78, 5) is 2.68. The molecule has 0 aromatic rings. The number of likely N-dealkylation sites (tertiary alicyclic amines) is 1. The lowest BCUT2D eigenvalue weighted by molar-refractivity contribution is 0.0947. The molecule has 0 amide bonds. The summed E-state index contributed by atoms with van der Waals surface area (Å²) in [5.41, 5.74) is 0.683. The van der Waals surface area contributed by atoms with Gasteiger partial charge in [0.2, 0.25) is 0 Å². The van der Waals surface area contributed by atoms with E-state index < -0.39 is 0 Å². The second-order valence-electron chi connectivity index (χ2n) is 6.13. The third-order valence-corrected chi connectivity index (χ3v) is 5.08. The second kappa shape index (κ2) is 6.19. The summed E-state index contributed by atoms with van der Waals surface area (Å²) in [5, 5.41) is 3.61. The molecule has 1 saturated carbocycles. The first-order valence-corrected chi connectivity index (χ1v) is 7.74. The van der Waals surface area contributed by atoms with Crippen LogP contribution in [0.2, 0.25) is 0 Å². The van der Waals surface area contributed by atoms with E-state index in [0.29, 0.717) is 5.41 Å². The van der Waals surface area contributed by atoms with Gasteiger partial charge in [0.1, 0.15) is 0 Å².